The molecule has 0 unspecified atom stereocenters. The van der Waals surface area contributed by atoms with E-state index in [9.17, 15) is 0 Å². The minimum atomic E-state index is 1.05. The summed E-state index contributed by atoms with van der Waals surface area (Å²) >= 11 is 1.79. The van der Waals surface area contributed by atoms with E-state index in [-0.39, 0.29) is 0 Å². The molecule has 0 saturated heterocycles. The highest BCUT2D eigenvalue weighted by Crippen LogP contribution is 2.11. The van der Waals surface area contributed by atoms with Crippen LogP contribution in [0.3, 0.4) is 0 Å². The van der Waals surface area contributed by atoms with Gasteiger partial charge < -0.3 is 5.32 Å². The van der Waals surface area contributed by atoms with E-state index in [4.69, 9.17) is 0 Å². The lowest BCUT2D eigenvalue weighted by atomic mass is 10.3. The molecule has 0 aliphatic heterocycles. The van der Waals surface area contributed by atoms with Crippen LogP contribution in [0.4, 0.5) is 0 Å². The maximum Gasteiger partial charge on any atom is 0.0940 e. The number of thiazole rings is 1. The normalized spacial score (nSPS) is 10.6. The molecule has 1 N–H and O–H groups in total. The number of aryl methyl sites for hydroxylation is 1. The van der Waals surface area contributed by atoms with E-state index >= 15 is 0 Å². The average Bonchev–Trinajstić information content (AvgIpc) is 2.54. The lowest BCUT2D eigenvalue weighted by Crippen LogP contribution is -2.15. The third-order valence-corrected chi connectivity index (χ3v) is 2.83. The number of likely N-dealkylation sites (N-methyl/N-ethyl adjacent to an activating group) is 1. The van der Waals surface area contributed by atoms with Crippen molar-refractivity contribution in [3.63, 3.8) is 0 Å². The van der Waals surface area contributed by atoms with Crippen LogP contribution in [-0.4, -0.2) is 18.1 Å². The molecule has 1 aromatic heterocycles. The van der Waals surface area contributed by atoms with Gasteiger partial charge in [-0.3, -0.25) is 0 Å². The van der Waals surface area contributed by atoms with Crippen LogP contribution >= 0.6 is 11.3 Å². The Bertz CT molecular complexity index is 233. The van der Waals surface area contributed by atoms with Crippen molar-refractivity contribution in [1.82, 2.24) is 10.3 Å². The van der Waals surface area contributed by atoms with Crippen molar-refractivity contribution in [3.8, 4) is 0 Å². The number of rotatable bonds is 6. The molecule has 0 aromatic carbocycles. The maximum absolute atomic E-state index is 4.55. The third-order valence-electron chi connectivity index (χ3n) is 1.87. The predicted octanol–water partition coefficient (Wildman–Crippen LogP) is 2.25. The first-order valence-corrected chi connectivity index (χ1v) is 5.88. The van der Waals surface area contributed by atoms with Crippen LogP contribution < -0.4 is 5.32 Å². The maximum atomic E-state index is 4.55. The first-order valence-electron chi connectivity index (χ1n) is 5.00. The van der Waals surface area contributed by atoms with E-state index in [1.165, 1.54) is 17.1 Å². The Morgan fingerprint density at radius 2 is 2.23 bits per heavy atom. The summed E-state index contributed by atoms with van der Waals surface area (Å²) in [4.78, 5) is 4.55. The highest BCUT2D eigenvalue weighted by molar-refractivity contribution is 7.09. The Hall–Kier alpha value is -0.410. The molecule has 0 saturated carbocycles. The molecular weight excluding hydrogens is 180 g/mol. The zero-order chi connectivity index (χ0) is 9.52. The third kappa shape index (κ3) is 3.87. The molecule has 0 amide bonds. The zero-order valence-electron chi connectivity index (χ0n) is 8.47. The van der Waals surface area contributed by atoms with Gasteiger partial charge in [-0.05, 0) is 13.0 Å². The van der Waals surface area contributed by atoms with E-state index in [0.717, 1.165) is 25.9 Å². The summed E-state index contributed by atoms with van der Waals surface area (Å²) in [5.74, 6) is 0. The molecule has 13 heavy (non-hydrogen) atoms. The van der Waals surface area contributed by atoms with Crippen molar-refractivity contribution >= 4 is 11.3 Å². The van der Waals surface area contributed by atoms with E-state index in [1.54, 1.807) is 11.3 Å². The summed E-state index contributed by atoms with van der Waals surface area (Å²) in [5, 5.41) is 6.76. The van der Waals surface area contributed by atoms with Gasteiger partial charge in [0.05, 0.1) is 10.7 Å². The van der Waals surface area contributed by atoms with E-state index in [0.29, 0.717) is 0 Å². The molecule has 0 radical (unpaired) electrons. The van der Waals surface area contributed by atoms with E-state index in [2.05, 4.69) is 29.5 Å². The van der Waals surface area contributed by atoms with Crippen LogP contribution in [-0.2, 0) is 12.8 Å². The Morgan fingerprint density at radius 3 is 2.92 bits per heavy atom. The van der Waals surface area contributed by atoms with Crippen LogP contribution in [0.15, 0.2) is 5.38 Å². The fourth-order valence-corrected chi connectivity index (χ4v) is 2.04. The lowest BCUT2D eigenvalue weighted by molar-refractivity contribution is 0.712. The molecule has 74 valence electrons. The molecule has 0 aliphatic carbocycles. The molecular formula is C10H18N2S. The molecule has 1 rings (SSSR count). The fraction of sp³-hybridized carbons (Fsp3) is 0.700. The summed E-state index contributed by atoms with van der Waals surface area (Å²) in [5.41, 5.74) is 1.26. The van der Waals surface area contributed by atoms with Crippen molar-refractivity contribution in [2.45, 2.75) is 33.1 Å². The predicted molar refractivity (Wildman–Crippen MR) is 58.4 cm³/mol. The average molecular weight is 198 g/mol. The molecule has 0 aliphatic rings. The summed E-state index contributed by atoms with van der Waals surface area (Å²) in [6.07, 6.45) is 3.39. The Kier molecular flexibility index (Phi) is 5.01. The van der Waals surface area contributed by atoms with Crippen LogP contribution in [0.2, 0.25) is 0 Å². The Labute approximate surface area is 84.4 Å². The Morgan fingerprint density at radius 1 is 1.38 bits per heavy atom. The molecule has 0 fully saturated rings. The van der Waals surface area contributed by atoms with Crippen molar-refractivity contribution in [2.75, 3.05) is 13.1 Å². The van der Waals surface area contributed by atoms with Gasteiger partial charge in [0.1, 0.15) is 0 Å². The summed E-state index contributed by atoms with van der Waals surface area (Å²) in [6.45, 7) is 6.42. The summed E-state index contributed by atoms with van der Waals surface area (Å²) in [6, 6.07) is 0. The quantitative estimate of drug-likeness (QED) is 0.709. The number of hydrogen-bond acceptors (Lipinski definition) is 3. The van der Waals surface area contributed by atoms with Crippen LogP contribution in [0, 0.1) is 0 Å². The van der Waals surface area contributed by atoms with Gasteiger partial charge >= 0.3 is 0 Å². The van der Waals surface area contributed by atoms with E-state index in [1.807, 2.05) is 0 Å². The summed E-state index contributed by atoms with van der Waals surface area (Å²) < 4.78 is 0. The smallest absolute Gasteiger partial charge is 0.0940 e. The molecule has 1 heterocycles. The first kappa shape index (κ1) is 10.7. The number of nitrogens with one attached hydrogen (secondary N) is 1. The second-order valence-electron chi connectivity index (χ2n) is 3.09. The second-order valence-corrected chi connectivity index (χ2v) is 4.03. The molecule has 1 aromatic rings. The number of nitrogens with zero attached hydrogens (tertiary/aromatic N) is 1. The number of aromatic nitrogens is 1. The van der Waals surface area contributed by atoms with Crippen LogP contribution in [0.1, 0.15) is 31.0 Å². The summed E-state index contributed by atoms with van der Waals surface area (Å²) in [7, 11) is 0. The van der Waals surface area contributed by atoms with Gasteiger partial charge in [-0.2, -0.15) is 0 Å². The molecule has 0 spiro atoms. The van der Waals surface area contributed by atoms with Gasteiger partial charge in [0.15, 0.2) is 0 Å². The largest absolute Gasteiger partial charge is 0.317 e. The highest BCUT2D eigenvalue weighted by atomic mass is 32.1. The zero-order valence-corrected chi connectivity index (χ0v) is 9.28. The van der Waals surface area contributed by atoms with Gasteiger partial charge in [-0.15, -0.1) is 11.3 Å². The minimum Gasteiger partial charge on any atom is -0.317 e. The fourth-order valence-electron chi connectivity index (χ4n) is 1.21. The SMILES string of the molecule is CCCc1csc(CCNCC)n1. The molecule has 3 heteroatoms. The van der Waals surface area contributed by atoms with Crippen LogP contribution in [0.5, 0.6) is 0 Å². The number of hydrogen-bond donors (Lipinski definition) is 1. The van der Waals surface area contributed by atoms with Gasteiger partial charge in [-0.1, -0.05) is 20.3 Å². The van der Waals surface area contributed by atoms with Gasteiger partial charge in [0, 0.05) is 18.3 Å². The minimum absolute atomic E-state index is 1.05. The Balaban J connectivity index is 2.31. The van der Waals surface area contributed by atoms with Crippen molar-refractivity contribution < 1.29 is 0 Å². The second kappa shape index (κ2) is 6.11. The van der Waals surface area contributed by atoms with E-state index < -0.39 is 0 Å². The highest BCUT2D eigenvalue weighted by Gasteiger charge is 1.99. The van der Waals surface area contributed by atoms with Crippen LogP contribution in [0.25, 0.3) is 0 Å². The van der Waals surface area contributed by atoms with Crippen molar-refractivity contribution in [2.24, 2.45) is 0 Å². The molecule has 0 atom stereocenters. The van der Waals surface area contributed by atoms with Crippen molar-refractivity contribution in [1.29, 1.82) is 0 Å². The van der Waals surface area contributed by atoms with Crippen molar-refractivity contribution in [3.05, 3.63) is 16.1 Å². The van der Waals surface area contributed by atoms with Gasteiger partial charge in [0.2, 0.25) is 0 Å². The monoisotopic (exact) mass is 198 g/mol. The first-order chi connectivity index (χ1) is 6.36. The molecule has 2 nitrogen and oxygen atoms in total. The molecule has 0 bridgehead atoms. The van der Waals surface area contributed by atoms with Gasteiger partial charge in [0.25, 0.3) is 0 Å². The lowest BCUT2D eigenvalue weighted by Gasteiger charge is -1.96. The topological polar surface area (TPSA) is 24.9 Å². The standard InChI is InChI=1S/C10H18N2S/c1-3-5-9-8-13-10(12-9)6-7-11-4-2/h8,11H,3-7H2,1-2H3. The van der Waals surface area contributed by atoms with Gasteiger partial charge in [-0.25, -0.2) is 4.98 Å².